The third-order valence-electron chi connectivity index (χ3n) is 3.20. The number of carbonyl (C=O) groups is 1. The van der Waals surface area contributed by atoms with Crippen molar-refractivity contribution in [1.82, 2.24) is 15.3 Å². The number of hydrogen-bond donors (Lipinski definition) is 3. The van der Waals surface area contributed by atoms with Crippen molar-refractivity contribution in [3.05, 3.63) is 24.2 Å². The molecule has 0 bridgehead atoms. The molecule has 0 aliphatic heterocycles. The molecule has 3 N–H and O–H groups in total. The molecular formula is C15H20N4O3S. The van der Waals surface area contributed by atoms with Crippen LogP contribution in [0.3, 0.4) is 0 Å². The summed E-state index contributed by atoms with van der Waals surface area (Å²) < 4.78 is 5.17. The number of aryl methyl sites for hydroxylation is 1. The summed E-state index contributed by atoms with van der Waals surface area (Å²) in [6.45, 7) is 3.93. The smallest absolute Gasteiger partial charge is 0.321 e. The van der Waals surface area contributed by atoms with Gasteiger partial charge in [0.2, 0.25) is 0 Å². The molecule has 2 amide bonds. The van der Waals surface area contributed by atoms with E-state index >= 15 is 0 Å². The normalized spacial score (nSPS) is 11.8. The van der Waals surface area contributed by atoms with E-state index in [0.717, 1.165) is 16.1 Å². The van der Waals surface area contributed by atoms with E-state index in [0.29, 0.717) is 17.3 Å². The molecule has 0 aliphatic carbocycles. The van der Waals surface area contributed by atoms with Crippen molar-refractivity contribution in [2.75, 3.05) is 19.0 Å². The number of aliphatic hydroxyl groups is 1. The number of aliphatic hydroxyl groups excluding tert-OH is 1. The predicted molar refractivity (Wildman–Crippen MR) is 90.0 cm³/mol. The molecular weight excluding hydrogens is 316 g/mol. The first-order valence-corrected chi connectivity index (χ1v) is 8.04. The lowest BCUT2D eigenvalue weighted by Gasteiger charge is -2.09. The molecule has 0 saturated heterocycles. The molecule has 7 nitrogen and oxygen atoms in total. The van der Waals surface area contributed by atoms with Crippen molar-refractivity contribution in [1.29, 1.82) is 0 Å². The van der Waals surface area contributed by atoms with Crippen molar-refractivity contribution in [3.63, 3.8) is 0 Å². The van der Waals surface area contributed by atoms with Crippen LogP contribution in [0.15, 0.2) is 18.5 Å². The summed E-state index contributed by atoms with van der Waals surface area (Å²) in [4.78, 5) is 21.2. The van der Waals surface area contributed by atoms with Crippen LogP contribution in [0.2, 0.25) is 0 Å². The number of hydrogen-bond acceptors (Lipinski definition) is 6. The van der Waals surface area contributed by atoms with Gasteiger partial charge in [0.25, 0.3) is 0 Å². The highest BCUT2D eigenvalue weighted by Crippen LogP contribution is 2.33. The maximum Gasteiger partial charge on any atom is 0.321 e. The van der Waals surface area contributed by atoms with E-state index in [-0.39, 0.29) is 12.6 Å². The van der Waals surface area contributed by atoms with Gasteiger partial charge in [0.1, 0.15) is 5.75 Å². The topological polar surface area (TPSA) is 96.4 Å². The van der Waals surface area contributed by atoms with E-state index < -0.39 is 6.10 Å². The molecule has 2 rings (SSSR count). The van der Waals surface area contributed by atoms with Gasteiger partial charge in [0.15, 0.2) is 5.13 Å². The molecule has 1 atom stereocenters. The van der Waals surface area contributed by atoms with Crippen molar-refractivity contribution in [2.24, 2.45) is 0 Å². The fraction of sp³-hybridized carbons (Fsp3) is 0.400. The second-order valence-corrected chi connectivity index (χ2v) is 5.94. The lowest BCUT2D eigenvalue weighted by atomic mass is 10.2. The highest BCUT2D eigenvalue weighted by Gasteiger charge is 2.13. The molecule has 0 spiro atoms. The second kappa shape index (κ2) is 7.89. The number of methoxy groups -OCH3 is 1. The predicted octanol–water partition coefficient (Wildman–Crippen LogP) is 2.41. The summed E-state index contributed by atoms with van der Waals surface area (Å²) in [5.41, 5.74) is 1.68. The summed E-state index contributed by atoms with van der Waals surface area (Å²) in [7, 11) is 1.59. The van der Waals surface area contributed by atoms with Crippen LogP contribution in [0.4, 0.5) is 9.93 Å². The van der Waals surface area contributed by atoms with E-state index in [1.165, 1.54) is 11.3 Å². The van der Waals surface area contributed by atoms with Gasteiger partial charge >= 0.3 is 6.03 Å². The summed E-state index contributed by atoms with van der Waals surface area (Å²) in [5.74, 6) is 0.663. The lowest BCUT2D eigenvalue weighted by molar-refractivity contribution is 0.168. The largest absolute Gasteiger partial charge is 0.495 e. The fourth-order valence-electron chi connectivity index (χ4n) is 1.87. The molecule has 0 saturated carbocycles. The summed E-state index contributed by atoms with van der Waals surface area (Å²) in [6.07, 6.45) is 3.40. The first-order valence-electron chi connectivity index (χ1n) is 7.23. The minimum absolute atomic E-state index is 0.208. The Morgan fingerprint density at radius 3 is 2.96 bits per heavy atom. The Hall–Kier alpha value is -2.19. The van der Waals surface area contributed by atoms with Crippen LogP contribution < -0.4 is 15.4 Å². The van der Waals surface area contributed by atoms with Gasteiger partial charge in [-0.25, -0.2) is 9.78 Å². The highest BCUT2D eigenvalue weighted by molar-refractivity contribution is 7.19. The standard InChI is InChI=1S/C15H20N4O3S/c1-4-11(20)7-17-14(21)19-15-18-9(2)13(23-15)10-5-12(22-3)8-16-6-10/h5-6,8,11,20H,4,7H2,1-3H3,(H2,17,18,19,21). The molecule has 0 fully saturated rings. The van der Waals surface area contributed by atoms with E-state index in [9.17, 15) is 9.90 Å². The van der Waals surface area contributed by atoms with E-state index in [2.05, 4.69) is 20.6 Å². The molecule has 2 aromatic rings. The summed E-state index contributed by atoms with van der Waals surface area (Å²) >= 11 is 1.36. The van der Waals surface area contributed by atoms with Crippen LogP contribution in [0.1, 0.15) is 19.0 Å². The summed E-state index contributed by atoms with van der Waals surface area (Å²) in [6, 6.07) is 1.48. The average Bonchev–Trinajstić information content (AvgIpc) is 2.92. The number of amides is 2. The minimum Gasteiger partial charge on any atom is -0.495 e. The molecule has 23 heavy (non-hydrogen) atoms. The number of nitrogens with one attached hydrogen (secondary N) is 2. The van der Waals surface area contributed by atoms with Crippen molar-refractivity contribution < 1.29 is 14.6 Å². The number of carbonyl (C=O) groups excluding carboxylic acids is 1. The van der Waals surface area contributed by atoms with Crippen LogP contribution >= 0.6 is 11.3 Å². The molecule has 2 aromatic heterocycles. The number of ether oxygens (including phenoxy) is 1. The maximum atomic E-state index is 11.8. The monoisotopic (exact) mass is 336 g/mol. The third-order valence-corrected chi connectivity index (χ3v) is 4.32. The Morgan fingerprint density at radius 2 is 2.26 bits per heavy atom. The zero-order chi connectivity index (χ0) is 16.8. The van der Waals surface area contributed by atoms with E-state index in [1.807, 2.05) is 19.9 Å². The Morgan fingerprint density at radius 1 is 1.48 bits per heavy atom. The highest BCUT2D eigenvalue weighted by atomic mass is 32.1. The maximum absolute atomic E-state index is 11.8. The molecule has 2 heterocycles. The number of rotatable bonds is 6. The van der Waals surface area contributed by atoms with Gasteiger partial charge in [0, 0.05) is 18.3 Å². The minimum atomic E-state index is -0.544. The number of thiazole rings is 1. The number of nitrogens with zero attached hydrogens (tertiary/aromatic N) is 2. The van der Waals surface area contributed by atoms with Crippen molar-refractivity contribution in [3.8, 4) is 16.2 Å². The van der Waals surface area contributed by atoms with Gasteiger partial charge in [-0.05, 0) is 19.4 Å². The Kier molecular flexibility index (Phi) is 5.89. The van der Waals surface area contributed by atoms with Crippen molar-refractivity contribution >= 4 is 22.5 Å². The molecule has 124 valence electrons. The first-order chi connectivity index (χ1) is 11.0. The second-order valence-electron chi connectivity index (χ2n) is 4.94. The molecule has 1 unspecified atom stereocenters. The van der Waals surface area contributed by atoms with Gasteiger partial charge in [-0.2, -0.15) is 0 Å². The van der Waals surface area contributed by atoms with Gasteiger partial charge < -0.3 is 15.2 Å². The summed E-state index contributed by atoms with van der Waals surface area (Å²) in [5, 5.41) is 15.2. The zero-order valence-corrected chi connectivity index (χ0v) is 14.1. The molecule has 0 radical (unpaired) electrons. The molecule has 8 heteroatoms. The quantitative estimate of drug-likeness (QED) is 0.753. The zero-order valence-electron chi connectivity index (χ0n) is 13.3. The Bertz CT molecular complexity index is 674. The SMILES string of the molecule is CCC(O)CNC(=O)Nc1nc(C)c(-c2cncc(OC)c2)s1. The van der Waals surface area contributed by atoms with Crippen molar-refractivity contribution in [2.45, 2.75) is 26.4 Å². The Balaban J connectivity index is 2.07. The average molecular weight is 336 g/mol. The van der Waals surface area contributed by atoms with Crippen LogP contribution in [0, 0.1) is 6.92 Å². The fourth-order valence-corrected chi connectivity index (χ4v) is 2.81. The van der Waals surface area contributed by atoms with Crippen LogP contribution in [0.5, 0.6) is 5.75 Å². The molecule has 0 aromatic carbocycles. The number of aromatic nitrogens is 2. The third kappa shape index (κ3) is 4.64. The number of urea groups is 1. The van der Waals surface area contributed by atoms with Gasteiger partial charge in [-0.1, -0.05) is 18.3 Å². The Labute approximate surface area is 138 Å². The van der Waals surface area contributed by atoms with Gasteiger partial charge in [-0.3, -0.25) is 10.3 Å². The first kappa shape index (κ1) is 17.2. The number of anilines is 1. The van der Waals surface area contributed by atoms with Gasteiger partial charge in [-0.15, -0.1) is 0 Å². The van der Waals surface area contributed by atoms with Crippen LogP contribution in [-0.4, -0.2) is 40.9 Å². The molecule has 0 aliphatic rings. The van der Waals surface area contributed by atoms with Crippen LogP contribution in [-0.2, 0) is 0 Å². The van der Waals surface area contributed by atoms with E-state index in [4.69, 9.17) is 4.74 Å². The number of pyridine rings is 1. The van der Waals surface area contributed by atoms with E-state index in [1.54, 1.807) is 19.5 Å². The van der Waals surface area contributed by atoms with Crippen LogP contribution in [0.25, 0.3) is 10.4 Å². The van der Waals surface area contributed by atoms with Gasteiger partial charge in [0.05, 0.1) is 30.0 Å². The lowest BCUT2D eigenvalue weighted by Crippen LogP contribution is -2.34.